The van der Waals surface area contributed by atoms with Gasteiger partial charge in [-0.05, 0) is 19.9 Å². The summed E-state index contributed by atoms with van der Waals surface area (Å²) in [5.74, 6) is -9.74. The minimum atomic E-state index is -5.04. The van der Waals surface area contributed by atoms with E-state index in [2.05, 4.69) is 10.4 Å². The van der Waals surface area contributed by atoms with Crippen molar-refractivity contribution in [1.82, 2.24) is 15.3 Å². The Balaban J connectivity index is 2.09. The summed E-state index contributed by atoms with van der Waals surface area (Å²) in [6, 6.07) is 1.46. The smallest absolute Gasteiger partial charge is 0.417 e. The van der Waals surface area contributed by atoms with Crippen LogP contribution in [0, 0.1) is 24.5 Å². The number of amides is 2. The van der Waals surface area contributed by atoms with Crippen LogP contribution in [0.5, 0.6) is 5.75 Å². The first-order valence-corrected chi connectivity index (χ1v) is 10.5. The van der Waals surface area contributed by atoms with Crippen molar-refractivity contribution >= 4 is 17.5 Å². The Morgan fingerprint density at radius 2 is 1.95 bits per heavy atom. The number of anilines is 1. The Bertz CT molecular complexity index is 1190. The number of hydrogen-bond acceptors (Lipinski definition) is 6. The minimum Gasteiger partial charge on any atom is -0.480 e. The summed E-state index contributed by atoms with van der Waals surface area (Å²) in [7, 11) is 0. The standard InChI is InChI=1S/C21H21F7N4O5/c1-8-14(10-4-5-11(22)15(23)16(10)36-7-13(33)31-35)17(37-20(8,3)21(26,27)28)18(34)29-12-6-32(19(24)25)30-9(12)2/h4-6,8,14,17,19,35H,7H2,1-3H3,(H,29,34)(H,31,33)/t8-,14-,17+,20+/m0/s1. The maximum absolute atomic E-state index is 14.7. The van der Waals surface area contributed by atoms with Crippen LogP contribution in [-0.4, -0.2) is 51.3 Å². The molecule has 1 aliphatic rings. The van der Waals surface area contributed by atoms with Gasteiger partial charge in [-0.15, -0.1) is 0 Å². The van der Waals surface area contributed by atoms with E-state index in [0.29, 0.717) is 13.0 Å². The normalized spacial score (nSPS) is 23.8. The highest BCUT2D eigenvalue weighted by Crippen LogP contribution is 2.55. The van der Waals surface area contributed by atoms with Gasteiger partial charge in [0.15, 0.2) is 23.8 Å². The summed E-state index contributed by atoms with van der Waals surface area (Å²) >= 11 is 0. The van der Waals surface area contributed by atoms with Crippen LogP contribution in [0.15, 0.2) is 18.3 Å². The third-order valence-corrected chi connectivity index (χ3v) is 6.21. The summed E-state index contributed by atoms with van der Waals surface area (Å²) < 4.78 is 107. The second-order valence-corrected chi connectivity index (χ2v) is 8.44. The van der Waals surface area contributed by atoms with Crippen molar-refractivity contribution in [2.75, 3.05) is 11.9 Å². The zero-order chi connectivity index (χ0) is 27.9. The first-order valence-electron chi connectivity index (χ1n) is 10.5. The molecule has 3 rings (SSSR count). The van der Waals surface area contributed by atoms with Crippen LogP contribution >= 0.6 is 0 Å². The number of nitrogens with zero attached hydrogens (tertiary/aromatic N) is 2. The van der Waals surface area contributed by atoms with Crippen LogP contribution in [0.4, 0.5) is 36.4 Å². The van der Waals surface area contributed by atoms with Gasteiger partial charge in [0, 0.05) is 17.4 Å². The van der Waals surface area contributed by atoms with Crippen LogP contribution < -0.4 is 15.5 Å². The molecule has 0 saturated carbocycles. The van der Waals surface area contributed by atoms with Crippen LogP contribution in [0.25, 0.3) is 0 Å². The Morgan fingerprint density at radius 3 is 2.49 bits per heavy atom. The number of carbonyl (C=O) groups is 2. The molecule has 1 saturated heterocycles. The lowest BCUT2D eigenvalue weighted by Gasteiger charge is -2.32. The molecule has 2 aromatic rings. The maximum Gasteiger partial charge on any atom is 0.417 e. The van der Waals surface area contributed by atoms with Crippen molar-refractivity contribution in [2.45, 2.75) is 51.1 Å². The number of carbonyl (C=O) groups excluding carboxylic acids is 2. The number of aromatic nitrogens is 2. The number of halogens is 7. The molecule has 0 bridgehead atoms. The zero-order valence-electron chi connectivity index (χ0n) is 19.4. The molecule has 16 heteroatoms. The molecule has 2 amide bonds. The van der Waals surface area contributed by atoms with Gasteiger partial charge in [-0.3, -0.25) is 14.8 Å². The predicted octanol–water partition coefficient (Wildman–Crippen LogP) is 3.83. The number of rotatable bonds is 7. The molecule has 1 aromatic carbocycles. The number of hydroxylamine groups is 1. The highest BCUT2D eigenvalue weighted by Gasteiger charge is 2.66. The van der Waals surface area contributed by atoms with Gasteiger partial charge in [-0.2, -0.15) is 31.4 Å². The molecule has 1 aromatic heterocycles. The summed E-state index contributed by atoms with van der Waals surface area (Å²) in [4.78, 5) is 24.5. The van der Waals surface area contributed by atoms with Crippen LogP contribution in [0.3, 0.4) is 0 Å². The molecule has 37 heavy (non-hydrogen) atoms. The van der Waals surface area contributed by atoms with Crippen molar-refractivity contribution in [3.63, 3.8) is 0 Å². The van der Waals surface area contributed by atoms with Crippen LogP contribution in [0.1, 0.15) is 37.6 Å². The second-order valence-electron chi connectivity index (χ2n) is 8.44. The van der Waals surface area contributed by atoms with E-state index < -0.39 is 77.6 Å². The Morgan fingerprint density at radius 1 is 1.30 bits per heavy atom. The molecule has 1 fully saturated rings. The lowest BCUT2D eigenvalue weighted by atomic mass is 9.77. The molecular formula is C21H21F7N4O5. The first-order chi connectivity index (χ1) is 17.1. The zero-order valence-corrected chi connectivity index (χ0v) is 19.4. The Kier molecular flexibility index (Phi) is 7.74. The summed E-state index contributed by atoms with van der Waals surface area (Å²) in [6.45, 7) is -1.12. The number of benzene rings is 1. The van der Waals surface area contributed by atoms with E-state index in [9.17, 15) is 40.3 Å². The van der Waals surface area contributed by atoms with Gasteiger partial charge in [0.25, 0.3) is 11.8 Å². The van der Waals surface area contributed by atoms with E-state index in [4.69, 9.17) is 14.7 Å². The first kappa shape index (κ1) is 28.2. The lowest BCUT2D eigenvalue weighted by molar-refractivity contribution is -0.272. The van der Waals surface area contributed by atoms with Gasteiger partial charge >= 0.3 is 12.7 Å². The molecule has 9 nitrogen and oxygen atoms in total. The van der Waals surface area contributed by atoms with Crippen molar-refractivity contribution in [1.29, 1.82) is 0 Å². The quantitative estimate of drug-likeness (QED) is 0.279. The molecule has 204 valence electrons. The number of alkyl halides is 5. The van der Waals surface area contributed by atoms with Crippen molar-refractivity contribution in [3.8, 4) is 5.75 Å². The van der Waals surface area contributed by atoms with E-state index in [0.717, 1.165) is 19.2 Å². The molecular weight excluding hydrogens is 521 g/mol. The van der Waals surface area contributed by atoms with E-state index in [1.807, 2.05) is 0 Å². The average molecular weight is 542 g/mol. The van der Waals surface area contributed by atoms with Crippen molar-refractivity contribution < 1.29 is 55.0 Å². The lowest BCUT2D eigenvalue weighted by Crippen LogP contribution is -2.47. The molecule has 1 aliphatic heterocycles. The largest absolute Gasteiger partial charge is 0.480 e. The minimum absolute atomic E-state index is 0.0818. The van der Waals surface area contributed by atoms with Gasteiger partial charge in [0.2, 0.25) is 5.82 Å². The number of nitrogens with one attached hydrogen (secondary N) is 2. The van der Waals surface area contributed by atoms with Gasteiger partial charge in [0.1, 0.15) is 6.10 Å². The van der Waals surface area contributed by atoms with E-state index in [1.54, 1.807) is 0 Å². The fourth-order valence-corrected chi connectivity index (χ4v) is 4.06. The third kappa shape index (κ3) is 5.20. The highest BCUT2D eigenvalue weighted by molar-refractivity contribution is 5.95. The Hall–Kier alpha value is -3.40. The fourth-order valence-electron chi connectivity index (χ4n) is 4.06. The topological polar surface area (TPSA) is 115 Å². The number of aryl methyl sites for hydroxylation is 1. The van der Waals surface area contributed by atoms with Crippen LogP contribution in [0.2, 0.25) is 0 Å². The monoisotopic (exact) mass is 542 g/mol. The second kappa shape index (κ2) is 10.2. The molecule has 0 unspecified atom stereocenters. The van der Waals surface area contributed by atoms with Crippen molar-refractivity contribution in [2.24, 2.45) is 5.92 Å². The molecule has 3 N–H and O–H groups in total. The van der Waals surface area contributed by atoms with E-state index >= 15 is 0 Å². The molecule has 0 spiro atoms. The summed E-state index contributed by atoms with van der Waals surface area (Å²) in [6.07, 6.45) is -6.28. The fraction of sp³-hybridized carbons (Fsp3) is 0.476. The summed E-state index contributed by atoms with van der Waals surface area (Å²) in [5.41, 5.74) is -2.54. The van der Waals surface area contributed by atoms with Crippen molar-refractivity contribution in [3.05, 3.63) is 41.2 Å². The van der Waals surface area contributed by atoms with Gasteiger partial charge in [-0.25, -0.2) is 14.6 Å². The van der Waals surface area contributed by atoms with E-state index in [1.165, 1.54) is 12.4 Å². The van der Waals surface area contributed by atoms with Gasteiger partial charge in [0.05, 0.1) is 17.6 Å². The van der Waals surface area contributed by atoms with E-state index in [-0.39, 0.29) is 16.1 Å². The highest BCUT2D eigenvalue weighted by atomic mass is 19.4. The van der Waals surface area contributed by atoms with Crippen LogP contribution in [-0.2, 0) is 14.3 Å². The maximum atomic E-state index is 14.7. The molecule has 0 radical (unpaired) electrons. The van der Waals surface area contributed by atoms with Gasteiger partial charge < -0.3 is 14.8 Å². The number of hydrogen-bond donors (Lipinski definition) is 3. The Labute approximate surface area is 204 Å². The third-order valence-electron chi connectivity index (χ3n) is 6.21. The molecule has 4 atom stereocenters. The SMILES string of the molecule is Cc1nn(C(F)F)cc1NC(=O)[C@@H]1O[C@@](C)(C(F)(F)F)[C@@H](C)[C@H]1c1ccc(F)c(F)c1OCC(=O)NO. The average Bonchev–Trinajstić information content (AvgIpc) is 3.32. The predicted molar refractivity (Wildman–Crippen MR) is 110 cm³/mol. The van der Waals surface area contributed by atoms with Gasteiger partial charge in [-0.1, -0.05) is 13.0 Å². The summed E-state index contributed by atoms with van der Waals surface area (Å²) in [5, 5.41) is 14.3. The molecule has 0 aliphatic carbocycles. The number of ether oxygens (including phenoxy) is 2. The molecule has 2 heterocycles.